The molecule has 0 bridgehead atoms. The highest BCUT2D eigenvalue weighted by atomic mass is 19.3. The van der Waals surface area contributed by atoms with Crippen molar-refractivity contribution in [2.45, 2.75) is 44.6 Å². The Morgan fingerprint density at radius 3 is 2.41 bits per heavy atom. The average Bonchev–Trinajstić information content (AvgIpc) is 2.25. The minimum Gasteiger partial charge on any atom is -0.368 e. The van der Waals surface area contributed by atoms with Crippen molar-refractivity contribution < 1.29 is 18.4 Å². The maximum atomic E-state index is 13.4. The molecule has 0 aromatic heterocycles. The maximum absolute atomic E-state index is 13.4. The molecule has 17 heavy (non-hydrogen) atoms. The molecule has 5 nitrogen and oxygen atoms in total. The summed E-state index contributed by atoms with van der Waals surface area (Å²) in [6.07, 6.45) is -0.0867. The Hall–Kier alpha value is -1.40. The van der Waals surface area contributed by atoms with Crippen LogP contribution in [0.3, 0.4) is 0 Å². The minimum absolute atomic E-state index is 0.317. The van der Waals surface area contributed by atoms with Gasteiger partial charge in [0.25, 0.3) is 5.92 Å². The van der Waals surface area contributed by atoms with Crippen molar-refractivity contribution in [3.63, 3.8) is 0 Å². The van der Waals surface area contributed by atoms with Crippen LogP contribution in [0, 0.1) is 0 Å². The molecule has 0 fully saturated rings. The molecule has 0 aromatic rings. The molecule has 0 saturated heterocycles. The van der Waals surface area contributed by atoms with Gasteiger partial charge in [-0.2, -0.15) is 0 Å². The van der Waals surface area contributed by atoms with E-state index in [4.69, 9.17) is 5.73 Å². The van der Waals surface area contributed by atoms with Gasteiger partial charge in [0.05, 0.1) is 0 Å². The van der Waals surface area contributed by atoms with Gasteiger partial charge in [-0.25, -0.2) is 13.6 Å². The molecule has 7 heteroatoms. The van der Waals surface area contributed by atoms with Crippen molar-refractivity contribution in [3.05, 3.63) is 0 Å². The van der Waals surface area contributed by atoms with E-state index < -0.39 is 30.3 Å². The Morgan fingerprint density at radius 1 is 1.41 bits per heavy atom. The number of carbonyl (C=O) groups is 2. The maximum Gasteiger partial charge on any atom is 0.315 e. The van der Waals surface area contributed by atoms with E-state index in [2.05, 4.69) is 10.6 Å². The van der Waals surface area contributed by atoms with Crippen LogP contribution in [-0.4, -0.2) is 31.0 Å². The fourth-order valence-corrected chi connectivity index (χ4v) is 1.29. The number of urea groups is 1. The van der Waals surface area contributed by atoms with E-state index in [1.54, 1.807) is 6.92 Å². The highest BCUT2D eigenvalue weighted by Gasteiger charge is 2.34. The second-order valence-corrected chi connectivity index (χ2v) is 3.84. The van der Waals surface area contributed by atoms with Gasteiger partial charge >= 0.3 is 6.03 Å². The van der Waals surface area contributed by atoms with Crippen LogP contribution in [0.1, 0.15) is 32.6 Å². The first-order valence-corrected chi connectivity index (χ1v) is 5.47. The van der Waals surface area contributed by atoms with E-state index in [1.807, 2.05) is 0 Å². The number of halogens is 2. The van der Waals surface area contributed by atoms with Crippen LogP contribution in [0.25, 0.3) is 0 Å². The van der Waals surface area contributed by atoms with Gasteiger partial charge in [-0.1, -0.05) is 13.3 Å². The van der Waals surface area contributed by atoms with Crippen LogP contribution < -0.4 is 16.4 Å². The summed E-state index contributed by atoms with van der Waals surface area (Å²) in [5.74, 6) is -3.97. The Bertz CT molecular complexity index is 272. The van der Waals surface area contributed by atoms with Gasteiger partial charge in [0.15, 0.2) is 0 Å². The largest absolute Gasteiger partial charge is 0.368 e. The van der Waals surface area contributed by atoms with E-state index in [-0.39, 0.29) is 6.42 Å². The minimum atomic E-state index is -3.00. The van der Waals surface area contributed by atoms with Crippen LogP contribution in [0.5, 0.6) is 0 Å². The van der Waals surface area contributed by atoms with E-state index >= 15 is 0 Å². The Balaban J connectivity index is 4.42. The van der Waals surface area contributed by atoms with Crippen molar-refractivity contribution >= 4 is 11.9 Å². The molecule has 0 radical (unpaired) electrons. The lowest BCUT2D eigenvalue weighted by Gasteiger charge is -2.22. The predicted octanol–water partition coefficient (Wildman–Crippen LogP) is 0.985. The number of unbranched alkanes of at least 4 members (excludes halogenated alkanes) is 1. The van der Waals surface area contributed by atoms with Crippen LogP contribution in [0.15, 0.2) is 0 Å². The summed E-state index contributed by atoms with van der Waals surface area (Å²) < 4.78 is 26.8. The first-order valence-electron chi connectivity index (χ1n) is 5.47. The number of primary amides is 1. The van der Waals surface area contributed by atoms with Gasteiger partial charge in [-0.15, -0.1) is 0 Å². The normalized spacial score (nSPS) is 12.9. The van der Waals surface area contributed by atoms with E-state index in [1.165, 1.54) is 7.05 Å². The predicted molar refractivity (Wildman–Crippen MR) is 59.7 cm³/mol. The van der Waals surface area contributed by atoms with Crippen LogP contribution in [-0.2, 0) is 4.79 Å². The van der Waals surface area contributed by atoms with Gasteiger partial charge in [0, 0.05) is 19.9 Å². The highest BCUT2D eigenvalue weighted by molar-refractivity contribution is 5.85. The molecular weight excluding hydrogens is 232 g/mol. The summed E-state index contributed by atoms with van der Waals surface area (Å²) in [4.78, 5) is 21.9. The van der Waals surface area contributed by atoms with Crippen LogP contribution >= 0.6 is 0 Å². The number of nitrogens with one attached hydrogen (secondary N) is 2. The number of amides is 3. The van der Waals surface area contributed by atoms with E-state index in [9.17, 15) is 18.4 Å². The van der Waals surface area contributed by atoms with Crippen molar-refractivity contribution in [2.24, 2.45) is 5.73 Å². The molecule has 1 unspecified atom stereocenters. The molecule has 0 heterocycles. The quantitative estimate of drug-likeness (QED) is 0.630. The molecule has 100 valence electrons. The molecule has 0 spiro atoms. The van der Waals surface area contributed by atoms with Gasteiger partial charge in [0.2, 0.25) is 5.91 Å². The monoisotopic (exact) mass is 251 g/mol. The Morgan fingerprint density at radius 2 is 2.00 bits per heavy atom. The zero-order chi connectivity index (χ0) is 13.5. The first kappa shape index (κ1) is 15.6. The van der Waals surface area contributed by atoms with Crippen LogP contribution in [0.4, 0.5) is 13.6 Å². The fourth-order valence-electron chi connectivity index (χ4n) is 1.29. The summed E-state index contributed by atoms with van der Waals surface area (Å²) in [5, 5.41) is 4.27. The number of alkyl halides is 2. The van der Waals surface area contributed by atoms with Crippen LogP contribution in [0.2, 0.25) is 0 Å². The molecular formula is C10H19F2N3O2. The lowest BCUT2D eigenvalue weighted by molar-refractivity contribution is -0.122. The smallest absolute Gasteiger partial charge is 0.315 e. The van der Waals surface area contributed by atoms with Gasteiger partial charge in [0.1, 0.15) is 6.04 Å². The first-order chi connectivity index (χ1) is 7.82. The zero-order valence-corrected chi connectivity index (χ0v) is 10.1. The van der Waals surface area contributed by atoms with Gasteiger partial charge in [-0.3, -0.25) is 4.79 Å². The third kappa shape index (κ3) is 6.70. The summed E-state index contributed by atoms with van der Waals surface area (Å²) in [5.41, 5.74) is 4.96. The molecule has 0 aliphatic rings. The number of rotatable bonds is 7. The summed E-state index contributed by atoms with van der Waals surface area (Å²) in [7, 11) is 1.32. The molecule has 0 aliphatic heterocycles. The van der Waals surface area contributed by atoms with Crippen molar-refractivity contribution in [1.82, 2.24) is 10.6 Å². The summed E-state index contributed by atoms with van der Waals surface area (Å²) >= 11 is 0. The summed E-state index contributed by atoms with van der Waals surface area (Å²) in [6, 6.07) is -2.07. The number of hydrogen-bond acceptors (Lipinski definition) is 2. The standard InChI is InChI=1S/C10H19F2N3O2/c1-3-4-5-10(11,12)6-7(8(13)16)15-9(17)14-2/h7H,3-6H2,1-2H3,(H2,13,16)(H2,14,15,17). The molecule has 0 rings (SSSR count). The second kappa shape index (κ2) is 7.03. The summed E-state index contributed by atoms with van der Waals surface area (Å²) in [6.45, 7) is 1.80. The van der Waals surface area contributed by atoms with E-state index in [0.717, 1.165) is 0 Å². The van der Waals surface area contributed by atoms with E-state index in [0.29, 0.717) is 12.8 Å². The van der Waals surface area contributed by atoms with Gasteiger partial charge < -0.3 is 16.4 Å². The fraction of sp³-hybridized carbons (Fsp3) is 0.800. The molecule has 0 aliphatic carbocycles. The molecule has 0 aromatic carbocycles. The zero-order valence-electron chi connectivity index (χ0n) is 10.1. The molecule has 0 saturated carbocycles. The number of nitrogens with two attached hydrogens (primary N) is 1. The highest BCUT2D eigenvalue weighted by Crippen LogP contribution is 2.26. The Kier molecular flexibility index (Phi) is 6.45. The third-order valence-corrected chi connectivity index (χ3v) is 2.27. The average molecular weight is 251 g/mol. The number of hydrogen-bond donors (Lipinski definition) is 3. The van der Waals surface area contributed by atoms with Crippen molar-refractivity contribution in [3.8, 4) is 0 Å². The third-order valence-electron chi connectivity index (χ3n) is 2.27. The molecule has 4 N–H and O–H groups in total. The van der Waals surface area contributed by atoms with Crippen molar-refractivity contribution in [1.29, 1.82) is 0 Å². The second-order valence-electron chi connectivity index (χ2n) is 3.84. The SMILES string of the molecule is CCCCC(F)(F)CC(NC(=O)NC)C(N)=O. The Labute approximate surface area is 99.1 Å². The lowest BCUT2D eigenvalue weighted by atomic mass is 10.0. The topological polar surface area (TPSA) is 84.2 Å². The molecule has 3 amide bonds. The number of carbonyl (C=O) groups excluding carboxylic acids is 2. The van der Waals surface area contributed by atoms with Gasteiger partial charge in [-0.05, 0) is 6.42 Å². The lowest BCUT2D eigenvalue weighted by Crippen LogP contribution is -2.50. The molecule has 1 atom stereocenters. The van der Waals surface area contributed by atoms with Crippen molar-refractivity contribution in [2.75, 3.05) is 7.05 Å².